The van der Waals surface area contributed by atoms with Crippen molar-refractivity contribution in [2.45, 2.75) is 0 Å². The summed E-state index contributed by atoms with van der Waals surface area (Å²) < 4.78 is 10.6. The Morgan fingerprint density at radius 3 is 2.56 bits per heavy atom. The molecule has 0 aromatic carbocycles. The summed E-state index contributed by atoms with van der Waals surface area (Å²) in [6, 6.07) is 2.86. The third kappa shape index (κ3) is 1.73. The Kier molecular flexibility index (Phi) is 2.84. The minimum atomic E-state index is -0.900. The second-order valence-electron chi connectivity index (χ2n) is 3.30. The van der Waals surface area contributed by atoms with Gasteiger partial charge in [0.15, 0.2) is 5.65 Å². The fourth-order valence-corrected chi connectivity index (χ4v) is 1.42. The van der Waals surface area contributed by atoms with Gasteiger partial charge in [-0.1, -0.05) is 0 Å². The van der Waals surface area contributed by atoms with Gasteiger partial charge in [0, 0.05) is 6.20 Å². The van der Waals surface area contributed by atoms with E-state index in [1.54, 1.807) is 0 Å². The summed E-state index contributed by atoms with van der Waals surface area (Å²) in [4.78, 5) is 34.4. The molecule has 8 nitrogen and oxygen atoms in total. The van der Waals surface area contributed by atoms with Crippen LogP contribution >= 0.6 is 0 Å². The van der Waals surface area contributed by atoms with Crippen molar-refractivity contribution in [1.82, 2.24) is 14.2 Å². The van der Waals surface area contributed by atoms with Gasteiger partial charge in [0.2, 0.25) is 0 Å². The van der Waals surface area contributed by atoms with Crippen LogP contribution in [0.3, 0.4) is 0 Å². The first-order valence-corrected chi connectivity index (χ1v) is 4.86. The van der Waals surface area contributed by atoms with Crippen LogP contribution in [0.4, 0.5) is 4.79 Å². The lowest BCUT2D eigenvalue weighted by Gasteiger charge is -1.98. The standard InChI is InChI=1S/C10H9N3O5/c1-17-8(14)6-3-4-7-11-13(10(16)18-2)9(15)12(7)5-6/h3-5H,1-2H3. The second kappa shape index (κ2) is 4.32. The summed E-state index contributed by atoms with van der Waals surface area (Å²) >= 11 is 0. The second-order valence-corrected chi connectivity index (χ2v) is 3.30. The molecular weight excluding hydrogens is 242 g/mol. The number of hydrogen-bond acceptors (Lipinski definition) is 6. The molecule has 2 aromatic rings. The van der Waals surface area contributed by atoms with Crippen molar-refractivity contribution in [2.24, 2.45) is 0 Å². The SMILES string of the molecule is COC(=O)c1ccc2nn(C(=O)OC)c(=O)n2c1. The van der Waals surface area contributed by atoms with Crippen molar-refractivity contribution in [3.63, 3.8) is 0 Å². The Hall–Kier alpha value is -2.64. The zero-order valence-corrected chi connectivity index (χ0v) is 9.61. The molecule has 2 aromatic heterocycles. The van der Waals surface area contributed by atoms with Gasteiger partial charge >= 0.3 is 17.8 Å². The van der Waals surface area contributed by atoms with Gasteiger partial charge in [0.1, 0.15) is 0 Å². The molecule has 18 heavy (non-hydrogen) atoms. The van der Waals surface area contributed by atoms with Crippen molar-refractivity contribution in [2.75, 3.05) is 14.2 Å². The predicted octanol–water partition coefficient (Wildman–Crippen LogP) is -0.103. The summed E-state index contributed by atoms with van der Waals surface area (Å²) in [6.07, 6.45) is 0.346. The number of ether oxygens (including phenoxy) is 2. The third-order valence-corrected chi connectivity index (χ3v) is 2.29. The molecule has 0 aliphatic carbocycles. The Labute approximate surface area is 100 Å². The molecule has 0 spiro atoms. The lowest BCUT2D eigenvalue weighted by atomic mass is 10.3. The first-order chi connectivity index (χ1) is 8.58. The number of carbonyl (C=O) groups is 2. The van der Waals surface area contributed by atoms with Crippen LogP contribution in [-0.2, 0) is 9.47 Å². The average Bonchev–Trinajstić information content (AvgIpc) is 2.74. The van der Waals surface area contributed by atoms with E-state index in [9.17, 15) is 14.4 Å². The Bertz CT molecular complexity index is 684. The maximum Gasteiger partial charge on any atom is 0.439 e. The molecule has 0 aliphatic heterocycles. The van der Waals surface area contributed by atoms with Gasteiger partial charge < -0.3 is 9.47 Å². The van der Waals surface area contributed by atoms with Crippen LogP contribution in [0, 0.1) is 0 Å². The summed E-state index contributed by atoms with van der Waals surface area (Å²) in [7, 11) is 2.37. The molecule has 2 rings (SSSR count). The minimum Gasteiger partial charge on any atom is -0.465 e. The molecule has 0 amide bonds. The predicted molar refractivity (Wildman–Crippen MR) is 58.6 cm³/mol. The summed E-state index contributed by atoms with van der Waals surface area (Å²) in [5, 5.41) is 3.75. The van der Waals surface area contributed by atoms with Crippen molar-refractivity contribution >= 4 is 17.7 Å². The van der Waals surface area contributed by atoms with Gasteiger partial charge in [0.25, 0.3) is 0 Å². The first kappa shape index (κ1) is 11.8. The average molecular weight is 251 g/mol. The van der Waals surface area contributed by atoms with E-state index in [0.29, 0.717) is 4.68 Å². The lowest BCUT2D eigenvalue weighted by Crippen LogP contribution is -2.27. The number of rotatable bonds is 1. The van der Waals surface area contributed by atoms with E-state index in [1.807, 2.05) is 0 Å². The van der Waals surface area contributed by atoms with E-state index >= 15 is 0 Å². The van der Waals surface area contributed by atoms with E-state index in [2.05, 4.69) is 14.6 Å². The van der Waals surface area contributed by atoms with E-state index < -0.39 is 17.8 Å². The maximum atomic E-state index is 11.8. The molecule has 0 fully saturated rings. The van der Waals surface area contributed by atoms with E-state index in [1.165, 1.54) is 25.4 Å². The van der Waals surface area contributed by atoms with Crippen LogP contribution in [0.5, 0.6) is 0 Å². The number of esters is 1. The minimum absolute atomic E-state index is 0.177. The van der Waals surface area contributed by atoms with E-state index in [4.69, 9.17) is 0 Å². The molecular formula is C10H9N3O5. The highest BCUT2D eigenvalue weighted by atomic mass is 16.5. The fraction of sp³-hybridized carbons (Fsp3) is 0.200. The van der Waals surface area contributed by atoms with Gasteiger partial charge in [0.05, 0.1) is 19.8 Å². The third-order valence-electron chi connectivity index (χ3n) is 2.29. The Morgan fingerprint density at radius 1 is 1.22 bits per heavy atom. The van der Waals surface area contributed by atoms with Gasteiger partial charge in [-0.3, -0.25) is 0 Å². The first-order valence-electron chi connectivity index (χ1n) is 4.86. The molecule has 0 saturated heterocycles. The monoisotopic (exact) mass is 251 g/mol. The van der Waals surface area contributed by atoms with Crippen LogP contribution in [0.1, 0.15) is 10.4 Å². The topological polar surface area (TPSA) is 91.9 Å². The molecule has 8 heteroatoms. The lowest BCUT2D eigenvalue weighted by molar-refractivity contribution is 0.0600. The highest BCUT2D eigenvalue weighted by molar-refractivity contribution is 5.89. The molecule has 0 radical (unpaired) electrons. The van der Waals surface area contributed by atoms with Crippen LogP contribution in [0.2, 0.25) is 0 Å². The molecule has 0 bridgehead atoms. The van der Waals surface area contributed by atoms with E-state index in [0.717, 1.165) is 11.5 Å². The van der Waals surface area contributed by atoms with Gasteiger partial charge in [-0.25, -0.2) is 18.8 Å². The van der Waals surface area contributed by atoms with Crippen molar-refractivity contribution < 1.29 is 19.1 Å². The molecule has 0 atom stereocenters. The number of aromatic nitrogens is 3. The maximum absolute atomic E-state index is 11.8. The van der Waals surface area contributed by atoms with Crippen LogP contribution in [-0.4, -0.2) is 40.5 Å². The largest absolute Gasteiger partial charge is 0.465 e. The van der Waals surface area contributed by atoms with E-state index in [-0.39, 0.29) is 11.2 Å². The van der Waals surface area contributed by atoms with Crippen LogP contribution in [0.25, 0.3) is 5.65 Å². The summed E-state index contributed by atoms with van der Waals surface area (Å²) in [5.74, 6) is -0.588. The summed E-state index contributed by atoms with van der Waals surface area (Å²) in [5.41, 5.74) is -0.322. The molecule has 0 saturated carbocycles. The number of carbonyl (C=O) groups excluding carboxylic acids is 2. The number of pyridine rings is 1. The molecule has 94 valence electrons. The number of hydrogen-bond donors (Lipinski definition) is 0. The number of fused-ring (bicyclic) bond motifs is 1. The zero-order chi connectivity index (χ0) is 13.3. The van der Waals surface area contributed by atoms with Crippen LogP contribution in [0.15, 0.2) is 23.1 Å². The van der Waals surface area contributed by atoms with Crippen molar-refractivity contribution in [1.29, 1.82) is 0 Å². The summed E-state index contributed by atoms with van der Waals surface area (Å²) in [6.45, 7) is 0. The quantitative estimate of drug-likeness (QED) is 0.657. The molecule has 0 aliphatic rings. The van der Waals surface area contributed by atoms with Crippen LogP contribution < -0.4 is 5.69 Å². The van der Waals surface area contributed by atoms with Gasteiger partial charge in [-0.05, 0) is 12.1 Å². The number of nitrogens with zero attached hydrogens (tertiary/aromatic N) is 3. The molecule has 0 unspecified atom stereocenters. The smallest absolute Gasteiger partial charge is 0.439 e. The van der Waals surface area contributed by atoms with Gasteiger partial charge in [-0.2, -0.15) is 0 Å². The Balaban J connectivity index is 2.64. The highest BCUT2D eigenvalue weighted by Gasteiger charge is 2.15. The van der Waals surface area contributed by atoms with Gasteiger partial charge in [-0.15, -0.1) is 9.78 Å². The molecule has 0 N–H and O–H groups in total. The zero-order valence-electron chi connectivity index (χ0n) is 9.61. The number of methoxy groups -OCH3 is 2. The normalized spacial score (nSPS) is 10.3. The molecule has 2 heterocycles. The van der Waals surface area contributed by atoms with Crippen molar-refractivity contribution in [3.8, 4) is 0 Å². The Morgan fingerprint density at radius 2 is 1.94 bits per heavy atom. The highest BCUT2D eigenvalue weighted by Crippen LogP contribution is 2.04. The fourth-order valence-electron chi connectivity index (χ4n) is 1.42. The van der Waals surface area contributed by atoms with Crippen molar-refractivity contribution in [3.05, 3.63) is 34.4 Å².